The molecule has 0 aliphatic heterocycles. The highest BCUT2D eigenvalue weighted by Gasteiger charge is 2.44. The second-order valence-corrected chi connectivity index (χ2v) is 5.93. The lowest BCUT2D eigenvalue weighted by molar-refractivity contribution is -0.131. The molecule has 0 saturated heterocycles. The Hall–Kier alpha value is -1.07. The Morgan fingerprint density at radius 2 is 2.21 bits per heavy atom. The van der Waals surface area contributed by atoms with E-state index in [0.717, 1.165) is 29.4 Å². The Bertz CT molecular complexity index is 481. The number of carbonyl (C=O) groups excluding carboxylic acids is 1. The second-order valence-electron chi connectivity index (χ2n) is 5.02. The highest BCUT2D eigenvalue weighted by atomic mass is 79.9. The van der Waals surface area contributed by atoms with Crippen LogP contribution in [0.5, 0.6) is 5.75 Å². The summed E-state index contributed by atoms with van der Waals surface area (Å²) >= 11 is 3.42. The number of benzene rings is 1. The maximum Gasteiger partial charge on any atom is 0.234 e. The maximum absolute atomic E-state index is 12.6. The summed E-state index contributed by atoms with van der Waals surface area (Å²) in [6, 6.07) is 5.63. The zero-order valence-corrected chi connectivity index (χ0v) is 12.9. The van der Waals surface area contributed by atoms with E-state index >= 15 is 0 Å². The average Bonchev–Trinajstić information content (AvgIpc) is 2.37. The number of rotatable bonds is 4. The maximum atomic E-state index is 12.6. The summed E-state index contributed by atoms with van der Waals surface area (Å²) in [6.07, 6.45) is 2.83. The molecule has 1 aliphatic carbocycles. The Balaban J connectivity index is 2.31. The molecule has 0 heterocycles. The van der Waals surface area contributed by atoms with E-state index in [1.165, 1.54) is 0 Å². The van der Waals surface area contributed by atoms with Gasteiger partial charge in [0, 0.05) is 18.1 Å². The van der Waals surface area contributed by atoms with Gasteiger partial charge < -0.3 is 15.4 Å². The van der Waals surface area contributed by atoms with Gasteiger partial charge in [-0.15, -0.1) is 0 Å². The van der Waals surface area contributed by atoms with Crippen LogP contribution in [0.25, 0.3) is 0 Å². The Labute approximate surface area is 122 Å². The molecule has 19 heavy (non-hydrogen) atoms. The molecule has 1 saturated carbocycles. The third kappa shape index (κ3) is 2.49. The SMILES string of the molecule is COc1ccc(Br)cc1N(C)C(=O)C1(CN)CCC1. The lowest BCUT2D eigenvalue weighted by atomic mass is 9.68. The molecule has 104 valence electrons. The fourth-order valence-electron chi connectivity index (χ4n) is 2.50. The Morgan fingerprint density at radius 1 is 1.53 bits per heavy atom. The Kier molecular flexibility index (Phi) is 4.16. The quantitative estimate of drug-likeness (QED) is 0.925. The largest absolute Gasteiger partial charge is 0.495 e. The lowest BCUT2D eigenvalue weighted by Gasteiger charge is -2.41. The van der Waals surface area contributed by atoms with Gasteiger partial charge in [0.1, 0.15) is 5.75 Å². The number of methoxy groups -OCH3 is 1. The third-order valence-electron chi connectivity index (χ3n) is 3.96. The molecule has 2 rings (SSSR count). The number of anilines is 1. The molecule has 1 aliphatic rings. The van der Waals surface area contributed by atoms with Crippen molar-refractivity contribution in [1.29, 1.82) is 0 Å². The summed E-state index contributed by atoms with van der Waals surface area (Å²) in [6.45, 7) is 0.409. The number of amides is 1. The van der Waals surface area contributed by atoms with Crippen LogP contribution in [0.2, 0.25) is 0 Å². The van der Waals surface area contributed by atoms with E-state index < -0.39 is 0 Å². The third-order valence-corrected chi connectivity index (χ3v) is 4.46. The minimum atomic E-state index is -0.373. The normalized spacial score (nSPS) is 16.6. The van der Waals surface area contributed by atoms with Crippen LogP contribution in [0.3, 0.4) is 0 Å². The summed E-state index contributed by atoms with van der Waals surface area (Å²) in [7, 11) is 3.38. The first-order valence-corrected chi connectivity index (χ1v) is 7.15. The summed E-state index contributed by atoms with van der Waals surface area (Å²) < 4.78 is 6.24. The number of carbonyl (C=O) groups is 1. The summed E-state index contributed by atoms with van der Waals surface area (Å²) in [5.74, 6) is 0.767. The van der Waals surface area contributed by atoms with Crippen LogP contribution < -0.4 is 15.4 Å². The van der Waals surface area contributed by atoms with Crippen molar-refractivity contribution in [2.75, 3.05) is 25.6 Å². The number of halogens is 1. The van der Waals surface area contributed by atoms with E-state index in [2.05, 4.69) is 15.9 Å². The number of nitrogens with zero attached hydrogens (tertiary/aromatic N) is 1. The van der Waals surface area contributed by atoms with Crippen molar-refractivity contribution >= 4 is 27.5 Å². The van der Waals surface area contributed by atoms with Gasteiger partial charge in [-0.05, 0) is 31.0 Å². The van der Waals surface area contributed by atoms with Gasteiger partial charge in [0.2, 0.25) is 5.91 Å². The van der Waals surface area contributed by atoms with Crippen molar-refractivity contribution in [3.63, 3.8) is 0 Å². The van der Waals surface area contributed by atoms with Crippen molar-refractivity contribution in [1.82, 2.24) is 0 Å². The van der Waals surface area contributed by atoms with Crippen molar-refractivity contribution in [3.8, 4) is 5.75 Å². The molecule has 1 amide bonds. The molecule has 2 N–H and O–H groups in total. The van der Waals surface area contributed by atoms with E-state index in [9.17, 15) is 4.79 Å². The van der Waals surface area contributed by atoms with Crippen LogP contribution in [0, 0.1) is 5.41 Å². The first kappa shape index (κ1) is 14.3. The first-order chi connectivity index (χ1) is 9.04. The summed E-state index contributed by atoms with van der Waals surface area (Å²) in [5.41, 5.74) is 6.19. The molecular weight excluding hydrogens is 308 g/mol. The van der Waals surface area contributed by atoms with Crippen LogP contribution in [0.15, 0.2) is 22.7 Å². The molecule has 0 bridgehead atoms. The fraction of sp³-hybridized carbons (Fsp3) is 0.500. The first-order valence-electron chi connectivity index (χ1n) is 6.36. The number of ether oxygens (including phenoxy) is 1. The van der Waals surface area contributed by atoms with Crippen LogP contribution in [-0.4, -0.2) is 26.6 Å². The van der Waals surface area contributed by atoms with Crippen molar-refractivity contribution in [2.24, 2.45) is 11.1 Å². The minimum absolute atomic E-state index is 0.0812. The van der Waals surface area contributed by atoms with E-state index in [0.29, 0.717) is 12.3 Å². The highest BCUT2D eigenvalue weighted by Crippen LogP contribution is 2.43. The van der Waals surface area contributed by atoms with Gasteiger partial charge in [0.05, 0.1) is 18.2 Å². The van der Waals surface area contributed by atoms with Crippen LogP contribution in [0.4, 0.5) is 5.69 Å². The zero-order valence-electron chi connectivity index (χ0n) is 11.3. The number of hydrogen-bond acceptors (Lipinski definition) is 3. The molecule has 4 nitrogen and oxygen atoms in total. The standard InChI is InChI=1S/C14H19BrN2O2/c1-17(13(18)14(9-16)6-3-7-14)11-8-10(15)4-5-12(11)19-2/h4-5,8H,3,6-7,9,16H2,1-2H3. The molecule has 0 aromatic heterocycles. The molecule has 1 fully saturated rings. The van der Waals surface area contributed by atoms with Gasteiger partial charge in [-0.1, -0.05) is 22.4 Å². The predicted molar refractivity (Wildman–Crippen MR) is 79.4 cm³/mol. The molecule has 0 spiro atoms. The molecule has 0 atom stereocenters. The molecule has 0 radical (unpaired) electrons. The second kappa shape index (κ2) is 5.51. The molecular formula is C14H19BrN2O2. The fourth-order valence-corrected chi connectivity index (χ4v) is 2.85. The van der Waals surface area contributed by atoms with Crippen molar-refractivity contribution < 1.29 is 9.53 Å². The molecule has 0 unspecified atom stereocenters. The predicted octanol–water partition coefficient (Wildman–Crippen LogP) is 2.55. The van der Waals surface area contributed by atoms with E-state index in [1.807, 2.05) is 18.2 Å². The van der Waals surface area contributed by atoms with Gasteiger partial charge in [0.25, 0.3) is 0 Å². The summed E-state index contributed by atoms with van der Waals surface area (Å²) in [5, 5.41) is 0. The smallest absolute Gasteiger partial charge is 0.234 e. The monoisotopic (exact) mass is 326 g/mol. The van der Waals surface area contributed by atoms with E-state index in [1.54, 1.807) is 19.1 Å². The average molecular weight is 327 g/mol. The minimum Gasteiger partial charge on any atom is -0.495 e. The summed E-state index contributed by atoms with van der Waals surface area (Å²) in [4.78, 5) is 14.3. The van der Waals surface area contributed by atoms with Crippen LogP contribution in [-0.2, 0) is 4.79 Å². The van der Waals surface area contributed by atoms with Crippen LogP contribution >= 0.6 is 15.9 Å². The molecule has 1 aromatic carbocycles. The van der Waals surface area contributed by atoms with Gasteiger partial charge in [0.15, 0.2) is 0 Å². The topological polar surface area (TPSA) is 55.6 Å². The van der Waals surface area contributed by atoms with Gasteiger partial charge in [-0.25, -0.2) is 0 Å². The van der Waals surface area contributed by atoms with E-state index in [4.69, 9.17) is 10.5 Å². The van der Waals surface area contributed by atoms with Gasteiger partial charge >= 0.3 is 0 Å². The lowest BCUT2D eigenvalue weighted by Crippen LogP contribution is -2.51. The van der Waals surface area contributed by atoms with Crippen LogP contribution in [0.1, 0.15) is 19.3 Å². The van der Waals surface area contributed by atoms with Gasteiger partial charge in [-0.2, -0.15) is 0 Å². The molecule has 5 heteroatoms. The van der Waals surface area contributed by atoms with Crippen molar-refractivity contribution in [2.45, 2.75) is 19.3 Å². The van der Waals surface area contributed by atoms with E-state index in [-0.39, 0.29) is 11.3 Å². The highest BCUT2D eigenvalue weighted by molar-refractivity contribution is 9.10. The Morgan fingerprint density at radius 3 is 2.68 bits per heavy atom. The van der Waals surface area contributed by atoms with Gasteiger partial charge in [-0.3, -0.25) is 4.79 Å². The number of nitrogens with two attached hydrogens (primary N) is 1. The van der Waals surface area contributed by atoms with Crippen molar-refractivity contribution in [3.05, 3.63) is 22.7 Å². The molecule has 1 aromatic rings. The zero-order chi connectivity index (χ0) is 14.0. The number of hydrogen-bond donors (Lipinski definition) is 1.